The zero-order valence-electron chi connectivity index (χ0n) is 5.65. The van der Waals surface area contributed by atoms with Gasteiger partial charge < -0.3 is 10.2 Å². The quantitative estimate of drug-likeness (QED) is 0.389. The maximum atomic E-state index is 10.3. The first-order valence-electron chi connectivity index (χ1n) is 2.92. The summed E-state index contributed by atoms with van der Waals surface area (Å²) in [6.45, 7) is 1.35. The van der Waals surface area contributed by atoms with Crippen LogP contribution >= 0.6 is 0 Å². The van der Waals surface area contributed by atoms with E-state index in [1.54, 1.807) is 0 Å². The first-order chi connectivity index (χ1) is 4.57. The molecule has 10 heavy (non-hydrogen) atoms. The lowest BCUT2D eigenvalue weighted by Gasteiger charge is -2.09. The molecule has 0 spiro atoms. The van der Waals surface area contributed by atoms with Gasteiger partial charge in [-0.25, -0.2) is 0 Å². The van der Waals surface area contributed by atoms with Crippen molar-refractivity contribution in [3.63, 3.8) is 0 Å². The van der Waals surface area contributed by atoms with E-state index in [1.165, 1.54) is 6.92 Å². The lowest BCUT2D eigenvalue weighted by Crippen LogP contribution is -2.25. The molecule has 0 aliphatic heterocycles. The van der Waals surface area contributed by atoms with E-state index in [2.05, 4.69) is 0 Å². The molecule has 0 saturated carbocycles. The largest absolute Gasteiger partial charge is 0.391 e. The molecular weight excluding hydrogens is 136 g/mol. The summed E-state index contributed by atoms with van der Waals surface area (Å²) in [7, 11) is 0. The van der Waals surface area contributed by atoms with Crippen molar-refractivity contribution >= 4 is 12.1 Å². The highest BCUT2D eigenvalue weighted by Crippen LogP contribution is 1.97. The molecular formula is C6H10O4. The number of hydrogen-bond donors (Lipinski definition) is 2. The number of Topliss-reactive ketones (excluding diaryl/α,β-unsaturated/α-hetero) is 1. The molecule has 0 fully saturated rings. The molecule has 0 bridgehead atoms. The predicted octanol–water partition coefficient (Wildman–Crippen LogP) is -1.11. The van der Waals surface area contributed by atoms with Gasteiger partial charge in [0.2, 0.25) is 0 Å². The smallest absolute Gasteiger partial charge is 0.197 e. The molecule has 4 heteroatoms. The summed E-state index contributed by atoms with van der Waals surface area (Å²) < 4.78 is 0. The van der Waals surface area contributed by atoms with Crippen LogP contribution in [0.15, 0.2) is 0 Å². The Hall–Kier alpha value is -0.740. The summed E-state index contributed by atoms with van der Waals surface area (Å²) in [6, 6.07) is 0. The van der Waals surface area contributed by atoms with Crippen LogP contribution in [0.5, 0.6) is 0 Å². The highest BCUT2D eigenvalue weighted by molar-refractivity contribution is 6.25. The first-order valence-corrected chi connectivity index (χ1v) is 2.92. The van der Waals surface area contributed by atoms with Crippen LogP contribution in [0.3, 0.4) is 0 Å². The molecule has 4 nitrogen and oxygen atoms in total. The fourth-order valence-electron chi connectivity index (χ4n) is 0.425. The van der Waals surface area contributed by atoms with Gasteiger partial charge >= 0.3 is 0 Å². The van der Waals surface area contributed by atoms with E-state index in [4.69, 9.17) is 10.2 Å². The average molecular weight is 146 g/mol. The van der Waals surface area contributed by atoms with E-state index < -0.39 is 18.0 Å². The second-order valence-electron chi connectivity index (χ2n) is 2.10. The van der Waals surface area contributed by atoms with Gasteiger partial charge in [-0.2, -0.15) is 0 Å². The Kier molecular flexibility index (Phi) is 3.83. The third kappa shape index (κ3) is 3.32. The normalized spacial score (nSPS) is 15.9. The van der Waals surface area contributed by atoms with Crippen molar-refractivity contribution in [2.75, 3.05) is 0 Å². The van der Waals surface area contributed by atoms with E-state index in [0.717, 1.165) is 0 Å². The monoisotopic (exact) mass is 146 g/mol. The Bertz CT molecular complexity index is 130. The lowest BCUT2D eigenvalue weighted by molar-refractivity contribution is -0.132. The van der Waals surface area contributed by atoms with Gasteiger partial charge in [-0.1, -0.05) is 0 Å². The number of aliphatic hydroxyl groups is 2. The molecule has 0 aliphatic rings. The van der Waals surface area contributed by atoms with Crippen LogP contribution in [0.2, 0.25) is 0 Å². The van der Waals surface area contributed by atoms with Gasteiger partial charge in [0.05, 0.1) is 12.2 Å². The van der Waals surface area contributed by atoms with Crippen molar-refractivity contribution in [1.82, 2.24) is 0 Å². The fourth-order valence-corrected chi connectivity index (χ4v) is 0.425. The maximum Gasteiger partial charge on any atom is 0.197 e. The standard InChI is InChI=1S/C6H10O4/c1-4(8)6(10)2-5(9)3-7/h3-4,6,8,10H,2H2,1H3/t4-,6+/m0/s1. The van der Waals surface area contributed by atoms with E-state index in [-0.39, 0.29) is 12.7 Å². The van der Waals surface area contributed by atoms with E-state index in [9.17, 15) is 9.59 Å². The fraction of sp³-hybridized carbons (Fsp3) is 0.667. The number of aliphatic hydroxyl groups excluding tert-OH is 2. The molecule has 0 aliphatic carbocycles. The number of hydrogen-bond acceptors (Lipinski definition) is 4. The van der Waals surface area contributed by atoms with E-state index >= 15 is 0 Å². The Morgan fingerprint density at radius 2 is 2.10 bits per heavy atom. The Balaban J connectivity index is 3.67. The summed E-state index contributed by atoms with van der Waals surface area (Å²) in [6.07, 6.45) is -2.27. The Labute approximate surface area is 58.5 Å². The van der Waals surface area contributed by atoms with Crippen molar-refractivity contribution in [3.05, 3.63) is 0 Å². The zero-order chi connectivity index (χ0) is 8.15. The third-order valence-corrected chi connectivity index (χ3v) is 1.10. The zero-order valence-corrected chi connectivity index (χ0v) is 5.65. The van der Waals surface area contributed by atoms with Crippen molar-refractivity contribution in [2.45, 2.75) is 25.6 Å². The summed E-state index contributed by atoms with van der Waals surface area (Å²) >= 11 is 0. The van der Waals surface area contributed by atoms with Crippen LogP contribution in [-0.2, 0) is 9.59 Å². The molecule has 0 amide bonds. The molecule has 0 unspecified atom stereocenters. The number of carbonyl (C=O) groups excluding carboxylic acids is 2. The van der Waals surface area contributed by atoms with Crippen LogP contribution in [0.1, 0.15) is 13.3 Å². The summed E-state index contributed by atoms with van der Waals surface area (Å²) in [5.74, 6) is -0.701. The number of ketones is 1. The second kappa shape index (κ2) is 4.14. The highest BCUT2D eigenvalue weighted by atomic mass is 16.3. The van der Waals surface area contributed by atoms with Crippen LogP contribution in [-0.4, -0.2) is 34.5 Å². The van der Waals surface area contributed by atoms with Gasteiger partial charge in [0.25, 0.3) is 0 Å². The highest BCUT2D eigenvalue weighted by Gasteiger charge is 2.14. The van der Waals surface area contributed by atoms with Gasteiger partial charge in [0.1, 0.15) is 0 Å². The summed E-state index contributed by atoms with van der Waals surface area (Å²) in [4.78, 5) is 20.0. The van der Waals surface area contributed by atoms with Crippen molar-refractivity contribution in [2.24, 2.45) is 0 Å². The van der Waals surface area contributed by atoms with Crippen molar-refractivity contribution < 1.29 is 19.8 Å². The minimum atomic E-state index is -1.13. The van der Waals surface area contributed by atoms with Crippen molar-refractivity contribution in [1.29, 1.82) is 0 Å². The van der Waals surface area contributed by atoms with Crippen LogP contribution in [0.4, 0.5) is 0 Å². The number of carbonyl (C=O) groups is 2. The molecule has 0 radical (unpaired) electrons. The second-order valence-corrected chi connectivity index (χ2v) is 2.10. The van der Waals surface area contributed by atoms with Crippen LogP contribution in [0.25, 0.3) is 0 Å². The molecule has 0 aromatic heterocycles. The van der Waals surface area contributed by atoms with Gasteiger partial charge in [-0.15, -0.1) is 0 Å². The Morgan fingerprint density at radius 3 is 2.40 bits per heavy atom. The average Bonchev–Trinajstić information content (AvgIpc) is 1.87. The van der Waals surface area contributed by atoms with Gasteiger partial charge in [-0.3, -0.25) is 9.59 Å². The van der Waals surface area contributed by atoms with Gasteiger partial charge in [-0.05, 0) is 6.92 Å². The van der Waals surface area contributed by atoms with E-state index in [1.807, 2.05) is 0 Å². The Morgan fingerprint density at radius 1 is 1.60 bits per heavy atom. The van der Waals surface area contributed by atoms with E-state index in [0.29, 0.717) is 0 Å². The molecule has 0 aromatic carbocycles. The van der Waals surface area contributed by atoms with Crippen molar-refractivity contribution in [3.8, 4) is 0 Å². The molecule has 58 valence electrons. The molecule has 0 saturated heterocycles. The number of rotatable bonds is 4. The minimum Gasteiger partial charge on any atom is -0.391 e. The SMILES string of the molecule is C[C@H](O)[C@H](O)CC(=O)C=O. The predicted molar refractivity (Wildman–Crippen MR) is 33.4 cm³/mol. The molecule has 0 rings (SSSR count). The first kappa shape index (κ1) is 9.26. The summed E-state index contributed by atoms with van der Waals surface area (Å²) in [5, 5.41) is 17.4. The maximum absolute atomic E-state index is 10.3. The summed E-state index contributed by atoms with van der Waals surface area (Å²) in [5.41, 5.74) is 0. The lowest BCUT2D eigenvalue weighted by atomic mass is 10.1. The molecule has 0 heterocycles. The van der Waals surface area contributed by atoms with Crippen LogP contribution < -0.4 is 0 Å². The molecule has 2 atom stereocenters. The molecule has 2 N–H and O–H groups in total. The van der Waals surface area contributed by atoms with Gasteiger partial charge in [0.15, 0.2) is 12.1 Å². The van der Waals surface area contributed by atoms with Crippen LogP contribution in [0, 0.1) is 0 Å². The minimum absolute atomic E-state index is 0.131. The van der Waals surface area contributed by atoms with Gasteiger partial charge in [0, 0.05) is 6.42 Å². The molecule has 0 aromatic rings. The number of aldehydes is 1. The topological polar surface area (TPSA) is 74.6 Å². The third-order valence-electron chi connectivity index (χ3n) is 1.10.